The van der Waals surface area contributed by atoms with Crippen LogP contribution in [0.25, 0.3) is 5.57 Å². The van der Waals surface area contributed by atoms with E-state index in [0.29, 0.717) is 15.6 Å². The van der Waals surface area contributed by atoms with Gasteiger partial charge in [0.05, 0.1) is 0 Å². The molecule has 0 saturated heterocycles. The molecule has 0 aromatic heterocycles. The van der Waals surface area contributed by atoms with E-state index < -0.39 is 11.7 Å². The van der Waals surface area contributed by atoms with Crippen molar-refractivity contribution in [2.45, 2.75) is 133 Å². The number of hydrogen-bond donors (Lipinski definition) is 0. The number of nitrogens with zero attached hydrogens (tertiary/aromatic N) is 1. The predicted molar refractivity (Wildman–Crippen MR) is 196 cm³/mol. The Labute approximate surface area is 284 Å². The minimum Gasteiger partial charge on any atom is -0.307 e. The molecule has 0 amide bonds. The molecule has 0 heterocycles. The lowest BCUT2D eigenvalue weighted by molar-refractivity contribution is -0.0980. The Morgan fingerprint density at radius 1 is 1.00 bits per heavy atom. The minimum absolute atomic E-state index is 0.0509. The summed E-state index contributed by atoms with van der Waals surface area (Å²) in [7, 11) is 1.42. The molecule has 260 valence electrons. The molecule has 2 nitrogen and oxygen atoms in total. The first-order valence-corrected chi connectivity index (χ1v) is 17.1. The third-order valence-corrected chi connectivity index (χ3v) is 9.15. The highest BCUT2D eigenvalue weighted by Gasteiger charge is 2.32. The van der Waals surface area contributed by atoms with E-state index in [2.05, 4.69) is 45.8 Å². The predicted octanol–water partition coefficient (Wildman–Crippen LogP) is 14.2. The highest BCUT2D eigenvalue weighted by molar-refractivity contribution is 6.37. The van der Waals surface area contributed by atoms with Gasteiger partial charge in [-0.3, -0.25) is 4.99 Å². The molecule has 0 aliphatic heterocycles. The molecule has 2 saturated carbocycles. The van der Waals surface area contributed by atoms with E-state index in [1.165, 1.54) is 78.0 Å². The number of rotatable bonds is 6. The molecular formula is C38H62Cl2F3NO. The monoisotopic (exact) mass is 675 g/mol. The van der Waals surface area contributed by atoms with Crippen LogP contribution < -0.4 is 0 Å². The summed E-state index contributed by atoms with van der Waals surface area (Å²) in [6.07, 6.45) is 10.9. The molecule has 45 heavy (non-hydrogen) atoms. The second-order valence-corrected chi connectivity index (χ2v) is 12.5. The van der Waals surface area contributed by atoms with Crippen molar-refractivity contribution < 1.29 is 18.0 Å². The third-order valence-electron chi connectivity index (χ3n) is 8.52. The Morgan fingerprint density at radius 3 is 1.76 bits per heavy atom. The summed E-state index contributed by atoms with van der Waals surface area (Å²) in [6, 6.07) is 5.48. The molecule has 2 unspecified atom stereocenters. The fourth-order valence-electron chi connectivity index (χ4n) is 4.95. The maximum atomic E-state index is 12.2. The Morgan fingerprint density at radius 2 is 1.49 bits per heavy atom. The summed E-state index contributed by atoms with van der Waals surface area (Å²) in [5, 5.41) is 1.35. The average molecular weight is 677 g/mol. The fraction of sp³-hybridized carbons (Fsp3) is 0.632. The topological polar surface area (TPSA) is 29.4 Å². The number of alkyl halides is 3. The van der Waals surface area contributed by atoms with Gasteiger partial charge in [0.25, 0.3) is 0 Å². The lowest BCUT2D eigenvalue weighted by atomic mass is 9.69. The molecule has 2 atom stereocenters. The number of halogens is 5. The zero-order valence-corrected chi connectivity index (χ0v) is 31.4. The van der Waals surface area contributed by atoms with Gasteiger partial charge in [-0.15, -0.1) is 0 Å². The van der Waals surface area contributed by atoms with Gasteiger partial charge >= 0.3 is 6.18 Å². The van der Waals surface area contributed by atoms with Crippen molar-refractivity contribution in [3.8, 4) is 0 Å². The molecular weight excluding hydrogens is 614 g/mol. The normalized spacial score (nSPS) is 18.6. The van der Waals surface area contributed by atoms with E-state index in [0.717, 1.165) is 41.7 Å². The molecule has 1 aromatic carbocycles. The van der Waals surface area contributed by atoms with Gasteiger partial charge in [-0.1, -0.05) is 136 Å². The molecule has 2 fully saturated rings. The van der Waals surface area contributed by atoms with Crippen LogP contribution in [0, 0.1) is 17.3 Å². The van der Waals surface area contributed by atoms with Crippen molar-refractivity contribution in [2.75, 3.05) is 7.05 Å². The van der Waals surface area contributed by atoms with Crippen LogP contribution in [-0.2, 0) is 4.79 Å². The van der Waals surface area contributed by atoms with Gasteiger partial charge in [0.2, 0.25) is 0 Å². The Kier molecular flexibility index (Phi) is 27.7. The largest absolute Gasteiger partial charge is 0.413 e. The van der Waals surface area contributed by atoms with E-state index in [-0.39, 0.29) is 5.57 Å². The number of carbonyl (C=O) groups is 1. The molecule has 3 rings (SSSR count). The number of benzene rings is 1. The Hall–Kier alpha value is -1.85. The van der Waals surface area contributed by atoms with Crippen molar-refractivity contribution in [1.82, 2.24) is 0 Å². The second-order valence-electron chi connectivity index (χ2n) is 11.7. The SMILES string of the molecule is C=C(C)/C(C=NC)=C(/C)C(F)(F)F.C=C(CC)c1c(Cl)cccc1Cl.C=O.CC.CCC1(C)CCC1.CCC1CCCCC1C. The number of carbonyl (C=O) groups excluding carboxylic acids is 1. The van der Waals surface area contributed by atoms with Crippen LogP contribution in [0.3, 0.4) is 0 Å². The van der Waals surface area contributed by atoms with E-state index in [4.69, 9.17) is 28.0 Å². The smallest absolute Gasteiger partial charge is 0.307 e. The Bertz CT molecular complexity index is 1000. The number of aliphatic imine (C=N–C) groups is 1. The van der Waals surface area contributed by atoms with Crippen LogP contribution in [0.5, 0.6) is 0 Å². The minimum atomic E-state index is -4.31. The third kappa shape index (κ3) is 19.4. The van der Waals surface area contributed by atoms with Gasteiger partial charge < -0.3 is 4.79 Å². The lowest BCUT2D eigenvalue weighted by Gasteiger charge is -2.37. The fourth-order valence-corrected chi connectivity index (χ4v) is 5.62. The standard InChI is InChI=1S/C10H10Cl2.C9H12F3N.C9H18.C7H14.C2H6.CH2O/c1-3-7(2)10-8(11)5-4-6-9(10)12;1-6(2)8(5-13-4)7(3)9(10,11)12;1-3-9-7-5-4-6-8(9)2;1-3-7(2)5-4-6-7;2*1-2/h4-6H,2-3H2,1H3;5H,1H2,2-4H3;8-9H,3-7H2,1-2H3;3-6H2,1-2H3;1-2H3;1H2/b;8-7-,13-5?;;;;. The van der Waals surface area contributed by atoms with E-state index in [1.54, 1.807) is 0 Å². The Balaban J connectivity index is -0.000000512. The van der Waals surface area contributed by atoms with Gasteiger partial charge in [-0.05, 0) is 73.6 Å². The number of allylic oxidation sites excluding steroid dienone is 4. The zero-order chi connectivity index (χ0) is 35.8. The molecule has 1 aromatic rings. The molecule has 7 heteroatoms. The van der Waals surface area contributed by atoms with Crippen molar-refractivity contribution in [1.29, 1.82) is 0 Å². The summed E-state index contributed by atoms with van der Waals surface area (Å²) < 4.78 is 36.7. The first-order valence-electron chi connectivity index (χ1n) is 16.3. The lowest BCUT2D eigenvalue weighted by Crippen LogP contribution is -2.23. The maximum Gasteiger partial charge on any atom is 0.413 e. The first-order chi connectivity index (χ1) is 21.1. The zero-order valence-electron chi connectivity index (χ0n) is 29.9. The quantitative estimate of drug-likeness (QED) is 0.218. The molecule has 0 radical (unpaired) electrons. The van der Waals surface area contributed by atoms with Crippen LogP contribution in [-0.4, -0.2) is 26.2 Å². The van der Waals surface area contributed by atoms with Gasteiger partial charge in [-0.25, -0.2) is 0 Å². The van der Waals surface area contributed by atoms with E-state index >= 15 is 0 Å². The number of hydrogen-bond acceptors (Lipinski definition) is 2. The van der Waals surface area contributed by atoms with Crippen LogP contribution >= 0.6 is 23.2 Å². The molecule has 0 bridgehead atoms. The summed E-state index contributed by atoms with van der Waals surface area (Å²) in [4.78, 5) is 11.5. The molecule has 0 spiro atoms. The average Bonchev–Trinajstić information content (AvgIpc) is 3.00. The van der Waals surface area contributed by atoms with E-state index in [9.17, 15) is 13.2 Å². The van der Waals surface area contributed by atoms with Crippen LogP contribution in [0.4, 0.5) is 13.2 Å². The van der Waals surface area contributed by atoms with Crippen molar-refractivity contribution >= 4 is 41.8 Å². The van der Waals surface area contributed by atoms with Gasteiger partial charge in [-0.2, -0.15) is 13.2 Å². The van der Waals surface area contributed by atoms with Gasteiger partial charge in [0.1, 0.15) is 6.79 Å². The summed E-state index contributed by atoms with van der Waals surface area (Å²) in [5.41, 5.74) is 2.37. The van der Waals surface area contributed by atoms with Gasteiger partial charge in [0.15, 0.2) is 0 Å². The van der Waals surface area contributed by atoms with Gasteiger partial charge in [0, 0.05) is 40.0 Å². The van der Waals surface area contributed by atoms with Crippen LogP contribution in [0.1, 0.15) is 132 Å². The van der Waals surface area contributed by atoms with Crippen LogP contribution in [0.2, 0.25) is 10.0 Å². The summed E-state index contributed by atoms with van der Waals surface area (Å²) >= 11 is 11.9. The maximum absolute atomic E-state index is 12.2. The van der Waals surface area contributed by atoms with Crippen LogP contribution in [0.15, 0.2) is 53.1 Å². The summed E-state index contributed by atoms with van der Waals surface area (Å²) in [5.74, 6) is 2.07. The molecule has 2 aliphatic carbocycles. The molecule has 0 N–H and O–H groups in total. The van der Waals surface area contributed by atoms with Crippen molar-refractivity contribution in [2.24, 2.45) is 22.2 Å². The second kappa shape index (κ2) is 26.2. The van der Waals surface area contributed by atoms with Crippen molar-refractivity contribution in [3.63, 3.8) is 0 Å². The highest BCUT2D eigenvalue weighted by Crippen LogP contribution is 2.42. The summed E-state index contributed by atoms with van der Waals surface area (Å²) in [6.45, 7) is 27.3. The highest BCUT2D eigenvalue weighted by atomic mass is 35.5. The van der Waals surface area contributed by atoms with Crippen molar-refractivity contribution in [3.05, 3.63) is 63.7 Å². The van der Waals surface area contributed by atoms with E-state index in [1.807, 2.05) is 45.8 Å². The molecule has 2 aliphatic rings. The first kappa shape index (κ1) is 47.6.